The number of hydrogen-bond donors (Lipinski definition) is 1. The Balaban J connectivity index is 2.12. The van der Waals surface area contributed by atoms with Gasteiger partial charge in [-0.05, 0) is 25.7 Å². The second-order valence-corrected chi connectivity index (χ2v) is 7.14. The summed E-state index contributed by atoms with van der Waals surface area (Å²) in [4.78, 5) is 0. The van der Waals surface area contributed by atoms with Crippen molar-refractivity contribution in [3.63, 3.8) is 0 Å². The molecule has 2 aliphatic heterocycles. The number of nitrogens with one attached hydrogen (secondary N) is 1. The molecule has 0 saturated carbocycles. The summed E-state index contributed by atoms with van der Waals surface area (Å²) in [7, 11) is -3.24. The lowest BCUT2D eigenvalue weighted by atomic mass is 9.97. The standard InChI is InChI=1S/C11H23N3O2S/c1-10-3-4-11(2)14(9-10)17(15,16)13-7-5-12-6-8-13/h10-12H,3-9H2,1-2H3. The average Bonchev–Trinajstić information content (AvgIpc) is 2.33. The van der Waals surface area contributed by atoms with E-state index in [0.717, 1.165) is 25.9 Å². The zero-order chi connectivity index (χ0) is 12.5. The van der Waals surface area contributed by atoms with Gasteiger partial charge in [-0.2, -0.15) is 17.0 Å². The zero-order valence-electron chi connectivity index (χ0n) is 10.7. The maximum Gasteiger partial charge on any atom is 0.282 e. The van der Waals surface area contributed by atoms with Crippen molar-refractivity contribution in [1.82, 2.24) is 13.9 Å². The minimum Gasteiger partial charge on any atom is -0.314 e. The fraction of sp³-hybridized carbons (Fsp3) is 1.00. The first-order valence-electron chi connectivity index (χ1n) is 6.49. The van der Waals surface area contributed by atoms with E-state index >= 15 is 0 Å². The zero-order valence-corrected chi connectivity index (χ0v) is 11.5. The van der Waals surface area contributed by atoms with Crippen molar-refractivity contribution in [2.75, 3.05) is 32.7 Å². The SMILES string of the molecule is CC1CCC(C)N(S(=O)(=O)N2CCNCC2)C1. The van der Waals surface area contributed by atoms with Gasteiger partial charge in [-0.25, -0.2) is 0 Å². The van der Waals surface area contributed by atoms with Crippen LogP contribution in [0.1, 0.15) is 26.7 Å². The van der Waals surface area contributed by atoms with Crippen molar-refractivity contribution in [2.24, 2.45) is 5.92 Å². The summed E-state index contributed by atoms with van der Waals surface area (Å²) in [5, 5.41) is 3.19. The number of nitrogens with zero attached hydrogens (tertiary/aromatic N) is 2. The lowest BCUT2D eigenvalue weighted by Gasteiger charge is -2.39. The lowest BCUT2D eigenvalue weighted by Crippen LogP contribution is -2.55. The molecular formula is C11H23N3O2S. The Morgan fingerprint density at radius 2 is 1.76 bits per heavy atom. The molecule has 2 saturated heterocycles. The number of piperazine rings is 1. The highest BCUT2D eigenvalue weighted by molar-refractivity contribution is 7.86. The van der Waals surface area contributed by atoms with Crippen LogP contribution in [0.5, 0.6) is 0 Å². The Bertz CT molecular complexity index is 352. The summed E-state index contributed by atoms with van der Waals surface area (Å²) in [6, 6.07) is 0.145. The molecule has 0 amide bonds. The molecule has 1 N–H and O–H groups in total. The van der Waals surface area contributed by atoms with Gasteiger partial charge in [-0.15, -0.1) is 0 Å². The van der Waals surface area contributed by atoms with Crippen LogP contribution in [0.2, 0.25) is 0 Å². The molecule has 0 radical (unpaired) electrons. The van der Waals surface area contributed by atoms with Gasteiger partial charge in [-0.1, -0.05) is 6.92 Å². The van der Waals surface area contributed by atoms with Crippen molar-refractivity contribution in [3.8, 4) is 0 Å². The summed E-state index contributed by atoms with van der Waals surface area (Å²) in [6.45, 7) is 7.54. The van der Waals surface area contributed by atoms with E-state index in [2.05, 4.69) is 12.2 Å². The monoisotopic (exact) mass is 261 g/mol. The van der Waals surface area contributed by atoms with Crippen molar-refractivity contribution in [3.05, 3.63) is 0 Å². The Morgan fingerprint density at radius 1 is 1.12 bits per heavy atom. The van der Waals surface area contributed by atoms with E-state index in [-0.39, 0.29) is 6.04 Å². The predicted octanol–water partition coefficient (Wildman–Crippen LogP) is 0.257. The maximum absolute atomic E-state index is 12.5. The lowest BCUT2D eigenvalue weighted by molar-refractivity contribution is 0.199. The Hall–Kier alpha value is -0.170. The van der Waals surface area contributed by atoms with Gasteiger partial charge in [0.2, 0.25) is 0 Å². The summed E-state index contributed by atoms with van der Waals surface area (Å²) in [5.41, 5.74) is 0. The molecule has 0 spiro atoms. The van der Waals surface area contributed by atoms with E-state index in [0.29, 0.717) is 25.6 Å². The first-order valence-corrected chi connectivity index (χ1v) is 7.89. The number of piperidine rings is 1. The minimum absolute atomic E-state index is 0.145. The highest BCUT2D eigenvalue weighted by Crippen LogP contribution is 2.25. The molecule has 2 heterocycles. The molecule has 0 aromatic carbocycles. The highest BCUT2D eigenvalue weighted by Gasteiger charge is 2.36. The fourth-order valence-corrected chi connectivity index (χ4v) is 4.54. The normalized spacial score (nSPS) is 33.8. The molecule has 0 aromatic heterocycles. The van der Waals surface area contributed by atoms with E-state index in [1.807, 2.05) is 6.92 Å². The molecule has 0 aliphatic carbocycles. The summed E-state index contributed by atoms with van der Waals surface area (Å²) in [5.74, 6) is 0.476. The van der Waals surface area contributed by atoms with Gasteiger partial charge >= 0.3 is 0 Å². The van der Waals surface area contributed by atoms with Gasteiger partial charge in [0.05, 0.1) is 0 Å². The van der Waals surface area contributed by atoms with Crippen LogP contribution in [0.25, 0.3) is 0 Å². The van der Waals surface area contributed by atoms with Gasteiger partial charge in [-0.3, -0.25) is 0 Å². The first kappa shape index (κ1) is 13.3. The van der Waals surface area contributed by atoms with Gasteiger partial charge in [0, 0.05) is 38.8 Å². The minimum atomic E-state index is -3.24. The highest BCUT2D eigenvalue weighted by atomic mass is 32.2. The fourth-order valence-electron chi connectivity index (χ4n) is 2.59. The van der Waals surface area contributed by atoms with Gasteiger partial charge in [0.15, 0.2) is 0 Å². The van der Waals surface area contributed by atoms with Gasteiger partial charge in [0.25, 0.3) is 10.2 Å². The second-order valence-electron chi connectivity index (χ2n) is 5.26. The molecule has 17 heavy (non-hydrogen) atoms. The molecule has 6 heteroatoms. The van der Waals surface area contributed by atoms with Gasteiger partial charge in [0.1, 0.15) is 0 Å². The maximum atomic E-state index is 12.5. The van der Waals surface area contributed by atoms with Crippen LogP contribution < -0.4 is 5.32 Å². The van der Waals surface area contributed by atoms with E-state index in [1.54, 1.807) is 8.61 Å². The van der Waals surface area contributed by atoms with Crippen molar-refractivity contribution in [1.29, 1.82) is 0 Å². The average molecular weight is 261 g/mol. The summed E-state index contributed by atoms with van der Waals surface area (Å²) >= 11 is 0. The molecule has 0 bridgehead atoms. The smallest absolute Gasteiger partial charge is 0.282 e. The van der Waals surface area contributed by atoms with Crippen molar-refractivity contribution < 1.29 is 8.42 Å². The third-order valence-corrected chi connectivity index (χ3v) is 5.88. The third-order valence-electron chi connectivity index (χ3n) is 3.76. The molecule has 2 unspecified atom stereocenters. The molecule has 2 fully saturated rings. The second kappa shape index (κ2) is 5.22. The predicted molar refractivity (Wildman–Crippen MR) is 67.9 cm³/mol. The molecule has 100 valence electrons. The number of rotatable bonds is 2. The Morgan fingerprint density at radius 3 is 2.41 bits per heavy atom. The molecule has 2 aliphatic rings. The summed E-state index contributed by atoms with van der Waals surface area (Å²) in [6.07, 6.45) is 2.11. The molecular weight excluding hydrogens is 238 g/mol. The van der Waals surface area contributed by atoms with E-state index in [1.165, 1.54) is 0 Å². The van der Waals surface area contributed by atoms with Crippen LogP contribution in [0.15, 0.2) is 0 Å². The van der Waals surface area contributed by atoms with E-state index in [9.17, 15) is 8.42 Å². The molecule has 2 rings (SSSR count). The number of hydrogen-bond acceptors (Lipinski definition) is 3. The Labute approximate surface area is 104 Å². The Kier molecular flexibility index (Phi) is 4.07. The third kappa shape index (κ3) is 2.81. The van der Waals surface area contributed by atoms with Crippen LogP contribution in [0.3, 0.4) is 0 Å². The largest absolute Gasteiger partial charge is 0.314 e. The van der Waals surface area contributed by atoms with Gasteiger partial charge < -0.3 is 5.32 Å². The van der Waals surface area contributed by atoms with Crippen LogP contribution in [-0.4, -0.2) is 55.8 Å². The molecule has 0 aromatic rings. The van der Waals surface area contributed by atoms with Crippen LogP contribution in [0, 0.1) is 5.92 Å². The topological polar surface area (TPSA) is 52.7 Å². The van der Waals surface area contributed by atoms with Crippen LogP contribution >= 0.6 is 0 Å². The molecule has 2 atom stereocenters. The van der Waals surface area contributed by atoms with Crippen molar-refractivity contribution in [2.45, 2.75) is 32.7 Å². The van der Waals surface area contributed by atoms with E-state index in [4.69, 9.17) is 0 Å². The van der Waals surface area contributed by atoms with Crippen molar-refractivity contribution >= 4 is 10.2 Å². The van der Waals surface area contributed by atoms with Crippen LogP contribution in [0.4, 0.5) is 0 Å². The quantitative estimate of drug-likeness (QED) is 0.775. The first-order chi connectivity index (χ1) is 8.01. The summed E-state index contributed by atoms with van der Waals surface area (Å²) < 4.78 is 28.4. The van der Waals surface area contributed by atoms with E-state index < -0.39 is 10.2 Å². The molecule has 5 nitrogen and oxygen atoms in total. The van der Waals surface area contributed by atoms with Crippen LogP contribution in [-0.2, 0) is 10.2 Å².